The topological polar surface area (TPSA) is 63.6 Å². The number of aromatic nitrogens is 1. The maximum Gasteiger partial charge on any atom is 0.311 e. The second-order valence-electron chi connectivity index (χ2n) is 4.01. The number of carbonyl (C=O) groups excluding carboxylic acids is 1. The summed E-state index contributed by atoms with van der Waals surface area (Å²) in [5.74, 6) is -0.632. The summed E-state index contributed by atoms with van der Waals surface area (Å²) in [6.45, 7) is 2.12. The third kappa shape index (κ3) is 4.64. The molecule has 2 aromatic rings. The highest BCUT2D eigenvalue weighted by Crippen LogP contribution is 2.18. The predicted octanol–water partition coefficient (Wildman–Crippen LogP) is 2.83. The first-order valence-electron chi connectivity index (χ1n) is 6.33. The van der Waals surface area contributed by atoms with Crippen LogP contribution in [-0.2, 0) is 16.0 Å². The lowest BCUT2D eigenvalue weighted by molar-refractivity contribution is -0.142. The maximum atomic E-state index is 13.4. The van der Waals surface area contributed by atoms with Gasteiger partial charge in [0.1, 0.15) is 5.82 Å². The van der Waals surface area contributed by atoms with Crippen molar-refractivity contribution in [3.8, 4) is 0 Å². The van der Waals surface area contributed by atoms with Crippen molar-refractivity contribution >= 4 is 28.7 Å². The molecule has 0 aliphatic heterocycles. The molecule has 0 saturated heterocycles. The number of halogens is 1. The Morgan fingerprint density at radius 3 is 3.10 bits per heavy atom. The second kappa shape index (κ2) is 7.49. The van der Waals surface area contributed by atoms with Gasteiger partial charge >= 0.3 is 5.97 Å². The van der Waals surface area contributed by atoms with Crippen LogP contribution < -0.4 is 5.43 Å². The van der Waals surface area contributed by atoms with E-state index in [0.29, 0.717) is 17.3 Å². The number of ether oxygens (including phenoxy) is 1. The summed E-state index contributed by atoms with van der Waals surface area (Å²) in [6.07, 6.45) is 3.15. The van der Waals surface area contributed by atoms with Gasteiger partial charge in [-0.2, -0.15) is 5.10 Å². The Morgan fingerprint density at radius 1 is 1.52 bits per heavy atom. The van der Waals surface area contributed by atoms with Crippen molar-refractivity contribution in [1.29, 1.82) is 0 Å². The lowest BCUT2D eigenvalue weighted by Gasteiger charge is -1.98. The Hall–Kier alpha value is -2.28. The van der Waals surface area contributed by atoms with E-state index in [1.54, 1.807) is 31.3 Å². The van der Waals surface area contributed by atoms with Gasteiger partial charge in [-0.05, 0) is 13.0 Å². The molecule has 0 fully saturated rings. The molecule has 7 heteroatoms. The zero-order valence-corrected chi connectivity index (χ0v) is 12.2. The number of anilines is 1. The zero-order chi connectivity index (χ0) is 15.1. The van der Waals surface area contributed by atoms with E-state index >= 15 is 0 Å². The number of hydrogen-bond acceptors (Lipinski definition) is 6. The minimum absolute atomic E-state index is 0.185. The molecule has 0 spiro atoms. The second-order valence-corrected chi connectivity index (χ2v) is 5.12. The van der Waals surface area contributed by atoms with Crippen LogP contribution in [-0.4, -0.2) is 23.8 Å². The zero-order valence-electron chi connectivity index (χ0n) is 11.4. The Labute approximate surface area is 125 Å². The van der Waals surface area contributed by atoms with E-state index in [0.717, 1.165) is 4.88 Å². The van der Waals surface area contributed by atoms with Crippen LogP contribution in [0.3, 0.4) is 0 Å². The molecule has 1 aromatic heterocycles. The van der Waals surface area contributed by atoms with Crippen molar-refractivity contribution < 1.29 is 13.9 Å². The predicted molar refractivity (Wildman–Crippen MR) is 80.1 cm³/mol. The van der Waals surface area contributed by atoms with Gasteiger partial charge in [-0.3, -0.25) is 10.2 Å². The summed E-state index contributed by atoms with van der Waals surface area (Å²) >= 11 is 1.30. The van der Waals surface area contributed by atoms with Crippen molar-refractivity contribution in [3.05, 3.63) is 46.7 Å². The summed E-state index contributed by atoms with van der Waals surface area (Å²) in [5.41, 5.74) is 3.09. The third-order valence-electron chi connectivity index (χ3n) is 2.45. The van der Waals surface area contributed by atoms with Crippen molar-refractivity contribution in [2.24, 2.45) is 5.10 Å². The number of benzene rings is 1. The lowest BCUT2D eigenvalue weighted by atomic mass is 10.2. The molecule has 110 valence electrons. The summed E-state index contributed by atoms with van der Waals surface area (Å²) < 4.78 is 18.2. The first-order valence-corrected chi connectivity index (χ1v) is 7.14. The quantitative estimate of drug-likeness (QED) is 0.506. The van der Waals surface area contributed by atoms with Crippen LogP contribution in [0.5, 0.6) is 0 Å². The van der Waals surface area contributed by atoms with Gasteiger partial charge < -0.3 is 4.74 Å². The molecule has 0 radical (unpaired) electrons. The maximum absolute atomic E-state index is 13.4. The van der Waals surface area contributed by atoms with Gasteiger partial charge in [0.2, 0.25) is 5.13 Å². The summed E-state index contributed by atoms with van der Waals surface area (Å²) in [6, 6.07) is 6.32. The minimum Gasteiger partial charge on any atom is -0.466 e. The molecule has 1 heterocycles. The molecule has 0 atom stereocenters. The highest BCUT2D eigenvalue weighted by molar-refractivity contribution is 7.15. The van der Waals surface area contributed by atoms with Gasteiger partial charge in [0.25, 0.3) is 0 Å². The molecule has 1 aromatic carbocycles. The Bertz CT molecular complexity index is 643. The van der Waals surface area contributed by atoms with E-state index < -0.39 is 0 Å². The molecule has 0 amide bonds. The van der Waals surface area contributed by atoms with E-state index in [1.807, 2.05) is 0 Å². The molecule has 1 N–H and O–H groups in total. The molecule has 0 saturated carbocycles. The molecule has 21 heavy (non-hydrogen) atoms. The SMILES string of the molecule is CCOC(=O)Cc1cnc(N/N=C/c2ccccc2F)s1. The molecule has 5 nitrogen and oxygen atoms in total. The standard InChI is InChI=1S/C14H14FN3O2S/c1-2-20-13(19)7-11-9-16-14(21-11)18-17-8-10-5-3-4-6-12(10)15/h3-6,8-9H,2,7H2,1H3,(H,16,18)/b17-8+. The largest absolute Gasteiger partial charge is 0.466 e. The highest BCUT2D eigenvalue weighted by Gasteiger charge is 2.07. The van der Waals surface area contributed by atoms with E-state index in [4.69, 9.17) is 4.74 Å². The monoisotopic (exact) mass is 307 g/mol. The number of esters is 1. The van der Waals surface area contributed by atoms with Gasteiger partial charge in [0.05, 0.1) is 19.2 Å². The van der Waals surface area contributed by atoms with Crippen molar-refractivity contribution in [1.82, 2.24) is 4.98 Å². The first kappa shape index (κ1) is 15.1. The van der Waals surface area contributed by atoms with Crippen molar-refractivity contribution in [3.63, 3.8) is 0 Å². The van der Waals surface area contributed by atoms with Gasteiger partial charge in [-0.25, -0.2) is 9.37 Å². The van der Waals surface area contributed by atoms with Crippen molar-refractivity contribution in [2.75, 3.05) is 12.0 Å². The molecule has 0 bridgehead atoms. The molecular formula is C14H14FN3O2S. The van der Waals surface area contributed by atoms with Gasteiger partial charge in [0.15, 0.2) is 0 Å². The Morgan fingerprint density at radius 2 is 2.33 bits per heavy atom. The van der Waals surface area contributed by atoms with Crippen LogP contribution in [0.4, 0.5) is 9.52 Å². The van der Waals surface area contributed by atoms with Gasteiger partial charge in [-0.1, -0.05) is 29.5 Å². The number of nitrogens with one attached hydrogen (secondary N) is 1. The van der Waals surface area contributed by atoms with Gasteiger partial charge in [-0.15, -0.1) is 0 Å². The molecule has 2 rings (SSSR count). The Kier molecular flexibility index (Phi) is 5.39. The van der Waals surface area contributed by atoms with Crippen LogP contribution in [0.25, 0.3) is 0 Å². The van der Waals surface area contributed by atoms with Gasteiger partial charge in [0, 0.05) is 16.6 Å². The summed E-state index contributed by atoms with van der Waals surface area (Å²) in [4.78, 5) is 16.2. The number of carbonyl (C=O) groups is 1. The van der Waals surface area contributed by atoms with E-state index in [-0.39, 0.29) is 18.2 Å². The third-order valence-corrected chi connectivity index (χ3v) is 3.35. The normalized spacial score (nSPS) is 10.8. The number of nitrogens with zero attached hydrogens (tertiary/aromatic N) is 2. The first-order chi connectivity index (χ1) is 10.2. The lowest BCUT2D eigenvalue weighted by Crippen LogP contribution is -2.06. The smallest absolute Gasteiger partial charge is 0.311 e. The molecular weight excluding hydrogens is 293 g/mol. The molecule has 0 unspecified atom stereocenters. The summed E-state index contributed by atoms with van der Waals surface area (Å²) in [7, 11) is 0. The van der Waals surface area contributed by atoms with Crippen LogP contribution >= 0.6 is 11.3 Å². The fourth-order valence-corrected chi connectivity index (χ4v) is 2.28. The highest BCUT2D eigenvalue weighted by atomic mass is 32.1. The van der Waals surface area contributed by atoms with E-state index in [9.17, 15) is 9.18 Å². The van der Waals surface area contributed by atoms with Crippen LogP contribution in [0.15, 0.2) is 35.6 Å². The average Bonchev–Trinajstić information content (AvgIpc) is 2.88. The average molecular weight is 307 g/mol. The van der Waals surface area contributed by atoms with Crippen LogP contribution in [0.1, 0.15) is 17.4 Å². The number of hydrogen-bond donors (Lipinski definition) is 1. The Balaban J connectivity index is 1.91. The number of thiazole rings is 1. The minimum atomic E-state index is -0.342. The van der Waals surface area contributed by atoms with E-state index in [1.165, 1.54) is 23.6 Å². The summed E-state index contributed by atoms with van der Waals surface area (Å²) in [5, 5.41) is 4.45. The number of hydrazone groups is 1. The molecule has 0 aliphatic rings. The van der Waals surface area contributed by atoms with Crippen LogP contribution in [0, 0.1) is 5.82 Å². The fraction of sp³-hybridized carbons (Fsp3) is 0.214. The fourth-order valence-electron chi connectivity index (χ4n) is 1.53. The molecule has 0 aliphatic carbocycles. The van der Waals surface area contributed by atoms with Crippen LogP contribution in [0.2, 0.25) is 0 Å². The van der Waals surface area contributed by atoms with E-state index in [2.05, 4.69) is 15.5 Å². The number of rotatable bonds is 6. The van der Waals surface area contributed by atoms with Crippen molar-refractivity contribution in [2.45, 2.75) is 13.3 Å².